The van der Waals surface area contributed by atoms with Gasteiger partial charge in [-0.15, -0.1) is 0 Å². The molecule has 5 rings (SSSR count). The van der Waals surface area contributed by atoms with Gasteiger partial charge in [0.15, 0.2) is 0 Å². The third-order valence-electron chi connectivity index (χ3n) is 7.42. The quantitative estimate of drug-likeness (QED) is 0.534. The Hall–Kier alpha value is -2.55. The summed E-state index contributed by atoms with van der Waals surface area (Å²) < 4.78 is 27.8. The van der Waals surface area contributed by atoms with E-state index in [9.17, 15) is 8.42 Å². The zero-order valence-electron chi connectivity index (χ0n) is 20.7. The first-order chi connectivity index (χ1) is 16.9. The number of fused-ring (bicyclic) bond motifs is 1. The molecule has 0 amide bonds. The molecule has 1 aliphatic carbocycles. The highest BCUT2D eigenvalue weighted by molar-refractivity contribution is 7.89. The van der Waals surface area contributed by atoms with Crippen molar-refractivity contribution in [1.29, 1.82) is 0 Å². The van der Waals surface area contributed by atoms with Crippen LogP contribution in [0.25, 0.3) is 10.9 Å². The first kappa shape index (κ1) is 24.2. The molecule has 186 valence electrons. The topological polar surface area (TPSA) is 78.4 Å². The average molecular weight is 494 g/mol. The Balaban J connectivity index is 1.32. The highest BCUT2D eigenvalue weighted by Crippen LogP contribution is 2.29. The fourth-order valence-electron chi connectivity index (χ4n) is 5.19. The van der Waals surface area contributed by atoms with Crippen LogP contribution in [-0.2, 0) is 10.0 Å². The second-order valence-corrected chi connectivity index (χ2v) is 11.8. The molecule has 2 aliphatic rings. The molecule has 8 heteroatoms. The summed E-state index contributed by atoms with van der Waals surface area (Å²) in [7, 11) is -3.48. The maximum absolute atomic E-state index is 13.1. The fraction of sp³-hybridized carbons (Fsp3) is 0.481. The maximum atomic E-state index is 13.1. The number of aromatic nitrogens is 2. The van der Waals surface area contributed by atoms with Crippen molar-refractivity contribution >= 4 is 26.7 Å². The lowest BCUT2D eigenvalue weighted by Gasteiger charge is -2.37. The predicted molar refractivity (Wildman–Crippen MR) is 140 cm³/mol. The molecule has 7 nitrogen and oxygen atoms in total. The third kappa shape index (κ3) is 5.20. The number of hydrogen-bond acceptors (Lipinski definition) is 6. The summed E-state index contributed by atoms with van der Waals surface area (Å²) in [5.41, 5.74) is 2.00. The van der Waals surface area contributed by atoms with Crippen LogP contribution in [0.2, 0.25) is 0 Å². The van der Waals surface area contributed by atoms with Crippen LogP contribution in [0.3, 0.4) is 0 Å². The molecule has 0 radical (unpaired) electrons. The van der Waals surface area contributed by atoms with Crippen molar-refractivity contribution in [2.45, 2.75) is 62.9 Å². The Kier molecular flexibility index (Phi) is 7.05. The van der Waals surface area contributed by atoms with E-state index in [4.69, 9.17) is 9.97 Å². The number of nitrogens with one attached hydrogen (secondary N) is 1. The maximum Gasteiger partial charge on any atom is 0.243 e. The van der Waals surface area contributed by atoms with Gasteiger partial charge >= 0.3 is 0 Å². The van der Waals surface area contributed by atoms with Crippen LogP contribution in [0.5, 0.6) is 0 Å². The third-order valence-corrected chi connectivity index (χ3v) is 9.33. The minimum atomic E-state index is -3.48. The molecule has 1 N–H and O–H groups in total. The smallest absolute Gasteiger partial charge is 0.243 e. The summed E-state index contributed by atoms with van der Waals surface area (Å²) in [4.78, 5) is 12.6. The van der Waals surface area contributed by atoms with E-state index in [2.05, 4.69) is 23.2 Å². The molecule has 2 fully saturated rings. The Morgan fingerprint density at radius 2 is 1.60 bits per heavy atom. The summed E-state index contributed by atoms with van der Waals surface area (Å²) in [5, 5.41) is 4.77. The van der Waals surface area contributed by atoms with Gasteiger partial charge < -0.3 is 5.32 Å². The van der Waals surface area contributed by atoms with E-state index in [-0.39, 0.29) is 6.04 Å². The minimum Gasteiger partial charge on any atom is -0.367 e. The number of piperazine rings is 1. The number of para-hydroxylation sites is 1. The standard InChI is InChI=1S/C27H35N5O2S/c1-20-12-14-23(15-13-20)35(33,34)32-18-16-31(17-19-32)21(2)26-29-25-11-7-6-10-24(25)27(30-26)28-22-8-4-3-5-9-22/h6-7,10-15,21-22H,3-5,8-9,16-19H2,1-2H3,(H,28,29,30)/t21-/m1/s1. The molecule has 0 unspecified atom stereocenters. The predicted octanol–water partition coefficient (Wildman–Crippen LogP) is 4.75. The van der Waals surface area contributed by atoms with E-state index in [1.807, 2.05) is 37.3 Å². The van der Waals surface area contributed by atoms with Crippen molar-refractivity contribution in [2.24, 2.45) is 0 Å². The number of sulfonamides is 1. The van der Waals surface area contributed by atoms with E-state index in [1.54, 1.807) is 16.4 Å². The molecule has 1 saturated heterocycles. The zero-order chi connectivity index (χ0) is 24.4. The molecule has 0 bridgehead atoms. The Bertz CT molecular complexity index is 1260. The van der Waals surface area contributed by atoms with Crippen LogP contribution < -0.4 is 5.32 Å². The SMILES string of the molecule is Cc1ccc(S(=O)(=O)N2CCN([C@H](C)c3nc(NC4CCCCC4)c4ccccc4n3)CC2)cc1. The molecule has 0 spiro atoms. The number of hydrogen-bond donors (Lipinski definition) is 1. The van der Waals surface area contributed by atoms with E-state index in [0.29, 0.717) is 37.1 Å². The highest BCUT2D eigenvalue weighted by atomic mass is 32.2. The van der Waals surface area contributed by atoms with Crippen molar-refractivity contribution in [3.63, 3.8) is 0 Å². The molecule has 1 aromatic heterocycles. The normalized spacial score (nSPS) is 19.6. The number of benzene rings is 2. The molecule has 1 aliphatic heterocycles. The summed E-state index contributed by atoms with van der Waals surface area (Å²) in [6, 6.07) is 15.7. The summed E-state index contributed by atoms with van der Waals surface area (Å²) in [5.74, 6) is 1.71. The fourth-order valence-corrected chi connectivity index (χ4v) is 6.61. The Morgan fingerprint density at radius 3 is 2.31 bits per heavy atom. The number of aryl methyl sites for hydroxylation is 1. The summed E-state index contributed by atoms with van der Waals surface area (Å²) in [6.45, 7) is 6.30. The summed E-state index contributed by atoms with van der Waals surface area (Å²) >= 11 is 0. The largest absolute Gasteiger partial charge is 0.367 e. The van der Waals surface area contributed by atoms with Crippen LogP contribution in [0, 0.1) is 6.92 Å². The molecule has 2 aromatic carbocycles. The first-order valence-corrected chi connectivity index (χ1v) is 14.2. The second-order valence-electron chi connectivity index (χ2n) is 9.86. The highest BCUT2D eigenvalue weighted by Gasteiger charge is 2.31. The van der Waals surface area contributed by atoms with E-state index in [1.165, 1.54) is 32.1 Å². The van der Waals surface area contributed by atoms with E-state index in [0.717, 1.165) is 28.1 Å². The van der Waals surface area contributed by atoms with Gasteiger partial charge in [-0.25, -0.2) is 18.4 Å². The lowest BCUT2D eigenvalue weighted by molar-refractivity contribution is 0.141. The van der Waals surface area contributed by atoms with Gasteiger partial charge in [0, 0.05) is 37.6 Å². The van der Waals surface area contributed by atoms with Gasteiger partial charge in [0.2, 0.25) is 10.0 Å². The molecule has 3 aromatic rings. The average Bonchev–Trinajstić information content (AvgIpc) is 2.89. The lowest BCUT2D eigenvalue weighted by atomic mass is 9.95. The monoisotopic (exact) mass is 493 g/mol. The number of rotatable bonds is 6. The second kappa shape index (κ2) is 10.2. The Labute approximate surface area is 208 Å². The molecular formula is C27H35N5O2S. The summed E-state index contributed by atoms with van der Waals surface area (Å²) in [6.07, 6.45) is 6.21. The van der Waals surface area contributed by atoms with Crippen molar-refractivity contribution in [3.05, 3.63) is 59.9 Å². The molecule has 2 heterocycles. The zero-order valence-corrected chi connectivity index (χ0v) is 21.5. The molecule has 1 atom stereocenters. The van der Waals surface area contributed by atoms with Crippen LogP contribution in [-0.4, -0.2) is 59.8 Å². The molecule has 35 heavy (non-hydrogen) atoms. The van der Waals surface area contributed by atoms with Gasteiger partial charge in [-0.05, 0) is 51.0 Å². The lowest BCUT2D eigenvalue weighted by Crippen LogP contribution is -2.49. The Morgan fingerprint density at radius 1 is 0.914 bits per heavy atom. The van der Waals surface area contributed by atoms with Crippen LogP contribution in [0.15, 0.2) is 53.4 Å². The van der Waals surface area contributed by atoms with Gasteiger partial charge in [0.25, 0.3) is 0 Å². The minimum absolute atomic E-state index is 0.00394. The molecular weight excluding hydrogens is 458 g/mol. The number of anilines is 1. The van der Waals surface area contributed by atoms with Crippen LogP contribution >= 0.6 is 0 Å². The van der Waals surface area contributed by atoms with Gasteiger partial charge in [-0.1, -0.05) is 49.1 Å². The van der Waals surface area contributed by atoms with Crippen molar-refractivity contribution in [1.82, 2.24) is 19.2 Å². The van der Waals surface area contributed by atoms with E-state index >= 15 is 0 Å². The van der Waals surface area contributed by atoms with E-state index < -0.39 is 10.0 Å². The van der Waals surface area contributed by atoms with Crippen LogP contribution in [0.4, 0.5) is 5.82 Å². The molecule has 1 saturated carbocycles. The van der Waals surface area contributed by atoms with Gasteiger partial charge in [-0.2, -0.15) is 4.31 Å². The van der Waals surface area contributed by atoms with Crippen molar-refractivity contribution in [2.75, 3.05) is 31.5 Å². The van der Waals surface area contributed by atoms with Crippen LogP contribution in [0.1, 0.15) is 56.5 Å². The van der Waals surface area contributed by atoms with Gasteiger partial charge in [0.05, 0.1) is 16.5 Å². The van der Waals surface area contributed by atoms with Crippen molar-refractivity contribution in [3.8, 4) is 0 Å². The van der Waals surface area contributed by atoms with Gasteiger partial charge in [0.1, 0.15) is 11.6 Å². The number of nitrogens with zero attached hydrogens (tertiary/aromatic N) is 4. The van der Waals surface area contributed by atoms with Crippen molar-refractivity contribution < 1.29 is 8.42 Å². The van der Waals surface area contributed by atoms with Gasteiger partial charge in [-0.3, -0.25) is 4.90 Å². The first-order valence-electron chi connectivity index (χ1n) is 12.8.